The van der Waals surface area contributed by atoms with Gasteiger partial charge in [-0.3, -0.25) is 33.9 Å². The lowest BCUT2D eigenvalue weighted by atomic mass is 9.83. The molecule has 3 amide bonds. The van der Waals surface area contributed by atoms with Crippen LogP contribution in [0, 0.1) is 16.0 Å². The average molecular weight is 641 g/mol. The fourth-order valence-corrected chi connectivity index (χ4v) is 8.14. The summed E-state index contributed by atoms with van der Waals surface area (Å²) >= 11 is 1.80. The smallest absolute Gasteiger partial charge is 0.325 e. The van der Waals surface area contributed by atoms with Gasteiger partial charge < -0.3 is 5.32 Å². The molecule has 3 heterocycles. The number of anilines is 2. The number of carbonyl (C=O) groups is 3. The summed E-state index contributed by atoms with van der Waals surface area (Å²) in [6, 6.07) is 17.9. The van der Waals surface area contributed by atoms with Crippen molar-refractivity contribution in [1.29, 1.82) is 0 Å². The van der Waals surface area contributed by atoms with Gasteiger partial charge in [0, 0.05) is 28.6 Å². The van der Waals surface area contributed by atoms with Crippen molar-refractivity contribution in [3.63, 3.8) is 0 Å². The second kappa shape index (κ2) is 11.1. The molecule has 6 rings (SSSR count). The lowest BCUT2D eigenvalue weighted by Gasteiger charge is -2.30. The van der Waals surface area contributed by atoms with Gasteiger partial charge in [-0.1, -0.05) is 59.5 Å². The molecule has 224 valence electrons. The lowest BCUT2D eigenvalue weighted by Crippen LogP contribution is -2.33. The minimum absolute atomic E-state index is 0.104. The Labute approximate surface area is 254 Å². The molecule has 1 aromatic heterocycles. The quantitative estimate of drug-likeness (QED) is 0.173. The van der Waals surface area contributed by atoms with E-state index in [9.17, 15) is 42.5 Å². The Hall–Kier alpha value is -4.76. The Balaban J connectivity index is 1.36. The maximum atomic E-state index is 13.9. The number of alkyl halides is 3. The molecule has 2 aliphatic heterocycles. The maximum absolute atomic E-state index is 13.9. The van der Waals surface area contributed by atoms with Gasteiger partial charge in [0.1, 0.15) is 11.8 Å². The second-order valence-electron chi connectivity index (χ2n) is 9.99. The molecule has 3 atom stereocenters. The van der Waals surface area contributed by atoms with E-state index in [0.29, 0.717) is 15.5 Å². The van der Waals surface area contributed by atoms with Crippen LogP contribution in [0.15, 0.2) is 88.7 Å². The van der Waals surface area contributed by atoms with Crippen molar-refractivity contribution in [3.8, 4) is 0 Å². The van der Waals surface area contributed by atoms with E-state index in [2.05, 4.69) is 5.32 Å². The normalized spacial score (nSPS) is 19.4. The predicted molar refractivity (Wildman–Crippen MR) is 156 cm³/mol. The summed E-state index contributed by atoms with van der Waals surface area (Å²) in [6.07, 6.45) is -4.61. The van der Waals surface area contributed by atoms with E-state index in [1.807, 2.05) is 0 Å². The predicted octanol–water partition coefficient (Wildman–Crippen LogP) is 5.27. The third-order valence-corrected chi connectivity index (χ3v) is 9.91. The van der Waals surface area contributed by atoms with E-state index in [-0.39, 0.29) is 17.1 Å². The van der Waals surface area contributed by atoms with Gasteiger partial charge in [-0.05, 0) is 35.9 Å². The van der Waals surface area contributed by atoms with E-state index < -0.39 is 62.9 Å². The first kappa shape index (κ1) is 29.3. The van der Waals surface area contributed by atoms with Crippen LogP contribution < -0.4 is 15.1 Å². The number of hydrogen-bond acceptors (Lipinski definition) is 8. The molecule has 15 heteroatoms. The molecule has 0 saturated carbocycles. The average Bonchev–Trinajstić information content (AvgIpc) is 3.43. The van der Waals surface area contributed by atoms with Crippen molar-refractivity contribution in [1.82, 2.24) is 4.57 Å². The number of imide groups is 1. The van der Waals surface area contributed by atoms with Gasteiger partial charge in [-0.15, -0.1) is 0 Å². The number of non-ortho nitro benzene ring substituents is 1. The van der Waals surface area contributed by atoms with Crippen LogP contribution in [0.5, 0.6) is 0 Å². The fourth-order valence-electron chi connectivity index (χ4n) is 5.37. The van der Waals surface area contributed by atoms with Crippen LogP contribution in [0.25, 0.3) is 0 Å². The zero-order chi connectivity index (χ0) is 31.3. The van der Waals surface area contributed by atoms with Crippen molar-refractivity contribution < 1.29 is 32.5 Å². The van der Waals surface area contributed by atoms with Crippen LogP contribution in [0.4, 0.5) is 30.2 Å². The molecule has 0 radical (unpaired) electrons. The third-order valence-electron chi connectivity index (χ3n) is 7.30. The number of nitrogens with zero attached hydrogens (tertiary/aromatic N) is 3. The monoisotopic (exact) mass is 640 g/mol. The van der Waals surface area contributed by atoms with Crippen LogP contribution in [0.1, 0.15) is 21.9 Å². The first-order valence-electron chi connectivity index (χ1n) is 13.0. The first-order chi connectivity index (χ1) is 20.9. The molecule has 1 fully saturated rings. The zero-order valence-electron chi connectivity index (χ0n) is 22.2. The van der Waals surface area contributed by atoms with E-state index in [4.69, 9.17) is 0 Å². The summed E-state index contributed by atoms with van der Waals surface area (Å²) in [6.45, 7) is -0.541. The number of fused-ring (bicyclic) bond motifs is 2. The maximum Gasteiger partial charge on any atom is 0.416 e. The van der Waals surface area contributed by atoms with Crippen LogP contribution in [0.3, 0.4) is 0 Å². The van der Waals surface area contributed by atoms with Gasteiger partial charge in [-0.25, -0.2) is 4.90 Å². The van der Waals surface area contributed by atoms with Crippen molar-refractivity contribution in [2.24, 2.45) is 5.92 Å². The van der Waals surface area contributed by atoms with Gasteiger partial charge in [0.05, 0.1) is 27.1 Å². The van der Waals surface area contributed by atoms with Crippen LogP contribution >= 0.6 is 23.1 Å². The number of thiazole rings is 1. The molecular weight excluding hydrogens is 621 g/mol. The molecule has 0 aliphatic carbocycles. The molecule has 2 aliphatic rings. The fraction of sp³-hybridized carbons (Fsp3) is 0.172. The highest BCUT2D eigenvalue weighted by Crippen LogP contribution is 2.53. The van der Waals surface area contributed by atoms with Gasteiger partial charge in [0.15, 0.2) is 0 Å². The Bertz CT molecular complexity index is 1870. The van der Waals surface area contributed by atoms with E-state index >= 15 is 0 Å². The topological polar surface area (TPSA) is 132 Å². The Morgan fingerprint density at radius 1 is 0.955 bits per heavy atom. The van der Waals surface area contributed by atoms with Gasteiger partial charge in [0.25, 0.3) is 5.69 Å². The van der Waals surface area contributed by atoms with Crippen LogP contribution in [0.2, 0.25) is 0 Å². The Morgan fingerprint density at radius 3 is 2.32 bits per heavy atom. The minimum atomic E-state index is -4.61. The zero-order valence-corrected chi connectivity index (χ0v) is 23.8. The number of hydrogen-bond donors (Lipinski definition) is 1. The Kier molecular flexibility index (Phi) is 7.37. The van der Waals surface area contributed by atoms with Crippen molar-refractivity contribution >= 4 is 57.9 Å². The number of nitrogens with one attached hydrogen (secondary N) is 1. The molecule has 10 nitrogen and oxygen atoms in total. The summed E-state index contributed by atoms with van der Waals surface area (Å²) in [5.41, 5.74) is -0.440. The van der Waals surface area contributed by atoms with E-state index in [0.717, 1.165) is 50.8 Å². The Morgan fingerprint density at radius 2 is 1.66 bits per heavy atom. The minimum Gasteiger partial charge on any atom is -0.325 e. The molecule has 2 unspecified atom stereocenters. The summed E-state index contributed by atoms with van der Waals surface area (Å²) in [5.74, 6) is -3.50. The molecule has 1 N–H and O–H groups in total. The third kappa shape index (κ3) is 5.17. The molecule has 44 heavy (non-hydrogen) atoms. The van der Waals surface area contributed by atoms with Crippen molar-refractivity contribution in [2.45, 2.75) is 28.9 Å². The van der Waals surface area contributed by atoms with E-state index in [1.165, 1.54) is 30.3 Å². The van der Waals surface area contributed by atoms with Gasteiger partial charge in [-0.2, -0.15) is 13.2 Å². The number of nitro benzene ring substituents is 1. The lowest BCUT2D eigenvalue weighted by molar-refractivity contribution is -0.384. The highest BCUT2D eigenvalue weighted by atomic mass is 32.2. The molecular formula is C29H19F3N4O6S2. The largest absolute Gasteiger partial charge is 0.416 e. The number of nitro groups is 1. The molecule has 0 bridgehead atoms. The summed E-state index contributed by atoms with van der Waals surface area (Å²) in [5, 5.41) is 12.8. The summed E-state index contributed by atoms with van der Waals surface area (Å²) in [4.78, 5) is 65.2. The number of thioether (sulfide) groups is 1. The second-order valence-corrected chi connectivity index (χ2v) is 12.1. The van der Waals surface area contributed by atoms with Gasteiger partial charge >= 0.3 is 11.0 Å². The molecule has 1 saturated heterocycles. The number of benzene rings is 3. The number of amides is 3. The first-order valence-corrected chi connectivity index (χ1v) is 14.7. The number of carbonyl (C=O) groups excluding carboxylic acids is 3. The summed E-state index contributed by atoms with van der Waals surface area (Å²) < 4.78 is 40.6. The highest BCUT2D eigenvalue weighted by Gasteiger charge is 2.56. The molecule has 4 aromatic rings. The van der Waals surface area contributed by atoms with Crippen molar-refractivity contribution in [3.05, 3.63) is 115 Å². The van der Waals surface area contributed by atoms with E-state index in [1.54, 1.807) is 30.3 Å². The van der Waals surface area contributed by atoms with Crippen LogP contribution in [-0.2, 0) is 27.1 Å². The number of rotatable bonds is 6. The SMILES string of the molecule is O=C(Cn1c2c(sc1=O)[C@H](c1ccccc1)C1C(=O)N(c3ccc([N+](=O)[O-])cc3)C(=O)C1S2)Nc1cccc(C(F)(F)F)c1. The van der Waals surface area contributed by atoms with Gasteiger partial charge in [0.2, 0.25) is 17.7 Å². The number of aromatic nitrogens is 1. The molecule has 0 spiro atoms. The van der Waals surface area contributed by atoms with Crippen LogP contribution in [-0.4, -0.2) is 32.5 Å². The highest BCUT2D eigenvalue weighted by molar-refractivity contribution is 8.00. The van der Waals surface area contributed by atoms with Crippen molar-refractivity contribution in [2.75, 3.05) is 10.2 Å². The summed E-state index contributed by atoms with van der Waals surface area (Å²) in [7, 11) is 0. The standard InChI is InChI=1S/C29H19F3N4O6S2/c30-29(31,32)16-7-4-8-17(13-16)33-20(37)14-34-27-24(44-28(34)40)21(15-5-2-1-3-6-15)22-23(43-27)26(39)35(25(22)38)18-9-11-19(12-10-18)36(41)42/h1-13,21-23H,14H2,(H,33,37)/t21-,22?,23?/m1/s1. The number of halogens is 3. The molecule has 3 aromatic carbocycles.